The van der Waals surface area contributed by atoms with Crippen LogP contribution in [0, 0.1) is 23.0 Å². The Labute approximate surface area is 172 Å². The number of halogens is 5. The summed E-state index contributed by atoms with van der Waals surface area (Å²) in [4.78, 5) is 0. The largest absolute Gasteiger partial charge is 0.416 e. The molecule has 0 N–H and O–H groups in total. The van der Waals surface area contributed by atoms with Crippen molar-refractivity contribution in [1.29, 1.82) is 5.26 Å². The van der Waals surface area contributed by atoms with Crippen LogP contribution in [0.4, 0.5) is 22.0 Å². The maximum absolute atomic E-state index is 13.5. The highest BCUT2D eigenvalue weighted by molar-refractivity contribution is 5.69. The first-order chi connectivity index (χ1) is 14.7. The fourth-order valence-electron chi connectivity index (χ4n) is 3.07. The lowest BCUT2D eigenvalue weighted by molar-refractivity contribution is -0.137. The van der Waals surface area contributed by atoms with Crippen LogP contribution in [0.15, 0.2) is 66.9 Å². The molecule has 4 nitrogen and oxygen atoms in total. The van der Waals surface area contributed by atoms with E-state index in [9.17, 15) is 27.2 Å². The Morgan fingerprint density at radius 2 is 1.45 bits per heavy atom. The molecular formula is C22H11F5N4. The van der Waals surface area contributed by atoms with Crippen molar-refractivity contribution in [3.63, 3.8) is 0 Å². The zero-order chi connectivity index (χ0) is 22.2. The second kappa shape index (κ2) is 7.65. The van der Waals surface area contributed by atoms with Gasteiger partial charge in [-0.2, -0.15) is 18.4 Å². The number of hydrogen-bond acceptors (Lipinski definition) is 3. The van der Waals surface area contributed by atoms with Crippen LogP contribution >= 0.6 is 0 Å². The van der Waals surface area contributed by atoms with Crippen LogP contribution in [-0.4, -0.2) is 15.0 Å². The molecular weight excluding hydrogens is 415 g/mol. The van der Waals surface area contributed by atoms with Gasteiger partial charge in [0.05, 0.1) is 23.0 Å². The van der Waals surface area contributed by atoms with Gasteiger partial charge in [0.25, 0.3) is 0 Å². The van der Waals surface area contributed by atoms with Crippen molar-refractivity contribution >= 4 is 0 Å². The van der Waals surface area contributed by atoms with Gasteiger partial charge < -0.3 is 0 Å². The predicted octanol–water partition coefficient (Wildman–Crippen LogP) is 5.77. The predicted molar refractivity (Wildman–Crippen MR) is 102 cm³/mol. The second-order valence-electron chi connectivity index (χ2n) is 6.63. The molecule has 9 heteroatoms. The zero-order valence-electron chi connectivity index (χ0n) is 15.5. The van der Waals surface area contributed by atoms with E-state index < -0.39 is 23.4 Å². The minimum atomic E-state index is -4.43. The lowest BCUT2D eigenvalue weighted by Crippen LogP contribution is -2.04. The Kier molecular flexibility index (Phi) is 4.99. The van der Waals surface area contributed by atoms with Gasteiger partial charge in [-0.05, 0) is 47.5 Å². The number of benzene rings is 3. The highest BCUT2D eigenvalue weighted by Crippen LogP contribution is 2.32. The Balaban J connectivity index is 1.68. The van der Waals surface area contributed by atoms with Crippen LogP contribution in [0.5, 0.6) is 0 Å². The highest BCUT2D eigenvalue weighted by Gasteiger charge is 2.30. The summed E-state index contributed by atoms with van der Waals surface area (Å²) in [6, 6.07) is 14.3. The van der Waals surface area contributed by atoms with Crippen molar-refractivity contribution in [2.75, 3.05) is 0 Å². The summed E-state index contributed by atoms with van der Waals surface area (Å²) in [7, 11) is 0. The molecule has 0 amide bonds. The Hall–Kier alpha value is -4.06. The van der Waals surface area contributed by atoms with Gasteiger partial charge in [-0.1, -0.05) is 23.4 Å². The summed E-state index contributed by atoms with van der Waals surface area (Å²) >= 11 is 0. The van der Waals surface area contributed by atoms with Crippen molar-refractivity contribution < 1.29 is 22.0 Å². The number of nitriles is 1. The molecule has 0 spiro atoms. The molecule has 0 unspecified atom stereocenters. The van der Waals surface area contributed by atoms with E-state index >= 15 is 0 Å². The summed E-state index contributed by atoms with van der Waals surface area (Å²) in [6.07, 6.45) is -3.02. The van der Waals surface area contributed by atoms with Crippen molar-refractivity contribution in [3.05, 3.63) is 89.6 Å². The van der Waals surface area contributed by atoms with Crippen LogP contribution in [0.1, 0.15) is 11.1 Å². The topological polar surface area (TPSA) is 54.5 Å². The van der Waals surface area contributed by atoms with Gasteiger partial charge in [0, 0.05) is 11.6 Å². The third-order valence-electron chi connectivity index (χ3n) is 4.56. The Morgan fingerprint density at radius 1 is 0.806 bits per heavy atom. The van der Waals surface area contributed by atoms with E-state index in [1.165, 1.54) is 29.1 Å². The van der Waals surface area contributed by atoms with E-state index in [0.29, 0.717) is 16.8 Å². The third-order valence-corrected chi connectivity index (χ3v) is 4.56. The zero-order valence-corrected chi connectivity index (χ0v) is 15.5. The number of alkyl halides is 3. The number of hydrogen-bond donors (Lipinski definition) is 0. The van der Waals surface area contributed by atoms with Crippen LogP contribution in [0.2, 0.25) is 0 Å². The summed E-state index contributed by atoms with van der Waals surface area (Å²) in [5.41, 5.74) is 1.22. The maximum Gasteiger partial charge on any atom is 0.416 e. The molecule has 1 aromatic heterocycles. The van der Waals surface area contributed by atoms with E-state index in [-0.39, 0.29) is 16.8 Å². The highest BCUT2D eigenvalue weighted by atomic mass is 19.4. The standard InChI is InChI=1S/C22H11F5N4/c23-18-8-15(9-19(24)10-18)20-12-31(30-29-20)21-6-3-14(7-16(21)11-28)13-1-4-17(5-2-13)22(25,26)27/h1-10,12H. The van der Waals surface area contributed by atoms with Crippen molar-refractivity contribution in [1.82, 2.24) is 15.0 Å². The molecule has 4 aromatic rings. The Bertz CT molecular complexity index is 1280. The molecule has 0 atom stereocenters. The van der Waals surface area contributed by atoms with Gasteiger partial charge in [0.15, 0.2) is 0 Å². The molecule has 0 saturated carbocycles. The van der Waals surface area contributed by atoms with Crippen molar-refractivity contribution in [2.24, 2.45) is 0 Å². The fourth-order valence-corrected chi connectivity index (χ4v) is 3.07. The molecule has 4 rings (SSSR count). The van der Waals surface area contributed by atoms with Gasteiger partial charge in [0.2, 0.25) is 0 Å². The molecule has 0 aliphatic carbocycles. The molecule has 0 aliphatic heterocycles. The van der Waals surface area contributed by atoms with Crippen LogP contribution < -0.4 is 0 Å². The fraction of sp³-hybridized carbons (Fsp3) is 0.0455. The number of rotatable bonds is 3. The van der Waals surface area contributed by atoms with Gasteiger partial charge in [-0.3, -0.25) is 0 Å². The molecule has 0 radical (unpaired) electrons. The summed E-state index contributed by atoms with van der Waals surface area (Å²) in [5, 5.41) is 17.4. The van der Waals surface area contributed by atoms with E-state index in [1.807, 2.05) is 6.07 Å². The average molecular weight is 426 g/mol. The summed E-state index contributed by atoms with van der Waals surface area (Å²) in [6.45, 7) is 0. The SMILES string of the molecule is N#Cc1cc(-c2ccc(C(F)(F)F)cc2)ccc1-n1cc(-c2cc(F)cc(F)c2)nn1. The van der Waals surface area contributed by atoms with E-state index in [1.54, 1.807) is 12.1 Å². The third kappa shape index (κ3) is 4.14. The van der Waals surface area contributed by atoms with Gasteiger partial charge in [-0.25, -0.2) is 13.5 Å². The van der Waals surface area contributed by atoms with Gasteiger partial charge >= 0.3 is 6.18 Å². The Morgan fingerprint density at radius 3 is 2.06 bits per heavy atom. The smallest absolute Gasteiger partial charge is 0.219 e. The van der Waals surface area contributed by atoms with Gasteiger partial charge in [0.1, 0.15) is 23.4 Å². The molecule has 154 valence electrons. The first-order valence-corrected chi connectivity index (χ1v) is 8.85. The minimum absolute atomic E-state index is 0.184. The summed E-state index contributed by atoms with van der Waals surface area (Å²) in [5.74, 6) is -1.52. The quantitative estimate of drug-likeness (QED) is 0.391. The molecule has 3 aromatic carbocycles. The van der Waals surface area contributed by atoms with Crippen molar-refractivity contribution in [3.8, 4) is 34.1 Å². The monoisotopic (exact) mass is 426 g/mol. The van der Waals surface area contributed by atoms with Crippen molar-refractivity contribution in [2.45, 2.75) is 6.18 Å². The van der Waals surface area contributed by atoms with Gasteiger partial charge in [-0.15, -0.1) is 5.10 Å². The maximum atomic E-state index is 13.5. The van der Waals surface area contributed by atoms with Crippen LogP contribution in [0.25, 0.3) is 28.1 Å². The molecule has 0 saturated heterocycles. The number of aromatic nitrogens is 3. The van der Waals surface area contributed by atoms with E-state index in [0.717, 1.165) is 30.3 Å². The molecule has 0 bridgehead atoms. The molecule has 0 fully saturated rings. The van der Waals surface area contributed by atoms with E-state index in [4.69, 9.17) is 0 Å². The minimum Gasteiger partial charge on any atom is -0.219 e. The van der Waals surface area contributed by atoms with Crippen LogP contribution in [0.3, 0.4) is 0 Å². The number of nitrogens with zero attached hydrogens (tertiary/aromatic N) is 4. The van der Waals surface area contributed by atoms with Crippen LogP contribution in [-0.2, 0) is 6.18 Å². The average Bonchev–Trinajstić information content (AvgIpc) is 3.22. The first-order valence-electron chi connectivity index (χ1n) is 8.85. The lowest BCUT2D eigenvalue weighted by Gasteiger charge is -2.09. The first kappa shape index (κ1) is 20.2. The second-order valence-corrected chi connectivity index (χ2v) is 6.63. The molecule has 0 aliphatic rings. The normalized spacial score (nSPS) is 11.4. The summed E-state index contributed by atoms with van der Waals surface area (Å²) < 4.78 is 66.4. The molecule has 31 heavy (non-hydrogen) atoms. The molecule has 1 heterocycles. The van der Waals surface area contributed by atoms with E-state index in [2.05, 4.69) is 10.3 Å². The lowest BCUT2D eigenvalue weighted by atomic mass is 10.0.